The molecule has 0 amide bonds. The number of pyridine rings is 1. The van der Waals surface area contributed by atoms with Crippen LogP contribution in [0.3, 0.4) is 0 Å². The molecule has 7 rings (SSSR count). The predicted octanol–water partition coefficient (Wildman–Crippen LogP) is 5.27. The minimum Gasteiger partial charge on any atom is -0.466 e. The number of alkyl halides is 2. The monoisotopic (exact) mass is 608 g/mol. The van der Waals surface area contributed by atoms with Gasteiger partial charge < -0.3 is 10.5 Å². The van der Waals surface area contributed by atoms with E-state index in [0.717, 1.165) is 21.9 Å². The molecule has 1 aliphatic rings. The summed E-state index contributed by atoms with van der Waals surface area (Å²) in [4.78, 5) is 31.7. The highest BCUT2D eigenvalue weighted by Crippen LogP contribution is 2.42. The van der Waals surface area contributed by atoms with E-state index in [1.165, 1.54) is 47.5 Å². The molecule has 5 aromatic heterocycles. The van der Waals surface area contributed by atoms with Crippen molar-refractivity contribution in [1.82, 2.24) is 34.1 Å². The summed E-state index contributed by atoms with van der Waals surface area (Å²) in [6.07, 6.45) is 2.39. The molecule has 1 aliphatic carbocycles. The van der Waals surface area contributed by atoms with Gasteiger partial charge in [-0.1, -0.05) is 23.5 Å². The lowest BCUT2D eigenvalue weighted by Crippen LogP contribution is -2.43. The van der Waals surface area contributed by atoms with Crippen LogP contribution in [0.5, 0.6) is 5.19 Å². The average Bonchev–Trinajstić information content (AvgIpc) is 3.57. The molecular formula is C28H20F4N8O2S. The van der Waals surface area contributed by atoms with Crippen molar-refractivity contribution in [2.75, 3.05) is 5.73 Å². The maximum atomic E-state index is 14.3. The molecule has 0 bridgehead atoms. The Morgan fingerprint density at radius 1 is 1.12 bits per heavy atom. The molecule has 10 nitrogen and oxygen atoms in total. The molecule has 0 spiro atoms. The summed E-state index contributed by atoms with van der Waals surface area (Å²) >= 11 is 1.10. The molecule has 0 aliphatic heterocycles. The third kappa shape index (κ3) is 4.65. The maximum Gasteiger partial charge on any atom is 0.274 e. The number of nitrogen functional groups attached to an aromatic ring is 1. The molecule has 218 valence electrons. The van der Waals surface area contributed by atoms with Gasteiger partial charge in [0.2, 0.25) is 0 Å². The van der Waals surface area contributed by atoms with E-state index in [4.69, 9.17) is 15.6 Å². The van der Waals surface area contributed by atoms with Gasteiger partial charge in [0.15, 0.2) is 5.65 Å². The van der Waals surface area contributed by atoms with Gasteiger partial charge in [0, 0.05) is 19.0 Å². The van der Waals surface area contributed by atoms with Crippen LogP contribution in [0.15, 0.2) is 59.9 Å². The van der Waals surface area contributed by atoms with E-state index in [2.05, 4.69) is 19.9 Å². The third-order valence-electron chi connectivity index (χ3n) is 7.25. The number of fused-ring (bicyclic) bond motifs is 2. The van der Waals surface area contributed by atoms with E-state index in [9.17, 15) is 22.4 Å². The molecule has 2 N–H and O–H groups in total. The zero-order chi connectivity index (χ0) is 30.0. The molecular weight excluding hydrogens is 588 g/mol. The number of hydrogen-bond donors (Lipinski definition) is 1. The molecule has 0 saturated heterocycles. The lowest BCUT2D eigenvalue weighted by atomic mass is 9.91. The van der Waals surface area contributed by atoms with Crippen molar-refractivity contribution in [2.45, 2.75) is 37.8 Å². The van der Waals surface area contributed by atoms with Crippen LogP contribution in [0.2, 0.25) is 0 Å². The highest BCUT2D eigenvalue weighted by atomic mass is 32.1. The Morgan fingerprint density at radius 3 is 2.70 bits per heavy atom. The summed E-state index contributed by atoms with van der Waals surface area (Å²) in [5, 5.41) is 5.36. The van der Waals surface area contributed by atoms with Crippen molar-refractivity contribution in [2.24, 2.45) is 0 Å². The van der Waals surface area contributed by atoms with Gasteiger partial charge >= 0.3 is 0 Å². The summed E-state index contributed by atoms with van der Waals surface area (Å²) in [5.41, 5.74) is 7.03. The first-order valence-electron chi connectivity index (χ1n) is 13.0. The normalized spacial score (nSPS) is 15.6. The molecule has 43 heavy (non-hydrogen) atoms. The zero-order valence-electron chi connectivity index (χ0n) is 22.2. The number of hydrogen-bond acceptors (Lipinski definition) is 9. The predicted molar refractivity (Wildman–Crippen MR) is 150 cm³/mol. The van der Waals surface area contributed by atoms with E-state index in [-0.39, 0.29) is 46.3 Å². The molecule has 6 aromatic rings. The van der Waals surface area contributed by atoms with E-state index in [0.29, 0.717) is 21.6 Å². The first kappa shape index (κ1) is 26.9. The van der Waals surface area contributed by atoms with Crippen molar-refractivity contribution in [3.63, 3.8) is 0 Å². The minimum absolute atomic E-state index is 0.0492. The van der Waals surface area contributed by atoms with Crippen molar-refractivity contribution in [3.8, 4) is 26.9 Å². The van der Waals surface area contributed by atoms with Gasteiger partial charge in [0.25, 0.3) is 16.7 Å². The van der Waals surface area contributed by atoms with Crippen LogP contribution in [0.25, 0.3) is 38.4 Å². The smallest absolute Gasteiger partial charge is 0.274 e. The number of ether oxygens (including phenoxy) is 1. The quantitative estimate of drug-likeness (QED) is 0.254. The number of benzene rings is 1. The second-order valence-electron chi connectivity index (χ2n) is 10.2. The summed E-state index contributed by atoms with van der Waals surface area (Å²) in [5.74, 6) is -3.82. The summed E-state index contributed by atoms with van der Waals surface area (Å²) < 4.78 is 63.2. The van der Waals surface area contributed by atoms with E-state index < -0.39 is 35.3 Å². The number of halogens is 4. The molecule has 0 unspecified atom stereocenters. The van der Waals surface area contributed by atoms with E-state index in [1.807, 2.05) is 0 Å². The van der Waals surface area contributed by atoms with Crippen LogP contribution < -0.4 is 16.0 Å². The minimum atomic E-state index is -2.74. The highest BCUT2D eigenvalue weighted by Gasteiger charge is 2.47. The van der Waals surface area contributed by atoms with Gasteiger partial charge in [-0.25, -0.2) is 42.2 Å². The highest BCUT2D eigenvalue weighted by molar-refractivity contribution is 7.16. The van der Waals surface area contributed by atoms with Crippen LogP contribution in [0.4, 0.5) is 23.4 Å². The number of rotatable bonds is 6. The number of nitrogens with two attached hydrogens (primary N) is 1. The van der Waals surface area contributed by atoms with E-state index in [1.54, 1.807) is 13.0 Å². The number of thiazole rings is 1. The Kier molecular flexibility index (Phi) is 6.16. The SMILES string of the molecule is C[C@@H](c1nc2ccc(F)cn2c(=O)c1-c1cccc(F)c1)n1nc(-c2cnc(OC3CC(F)(F)C3)s2)c2c(N)ncnc21. The molecule has 0 radical (unpaired) electrons. The van der Waals surface area contributed by atoms with Crippen molar-refractivity contribution >= 4 is 33.8 Å². The topological polar surface area (TPSA) is 126 Å². The summed E-state index contributed by atoms with van der Waals surface area (Å²) in [6.45, 7) is 1.73. The van der Waals surface area contributed by atoms with Crippen LogP contribution in [0.1, 0.15) is 31.5 Å². The average molecular weight is 609 g/mol. The Hall–Kier alpha value is -4.92. The van der Waals surface area contributed by atoms with E-state index >= 15 is 0 Å². The largest absolute Gasteiger partial charge is 0.466 e. The Bertz CT molecular complexity index is 2100. The third-order valence-corrected chi connectivity index (χ3v) is 8.14. The Morgan fingerprint density at radius 2 is 1.93 bits per heavy atom. The fraction of sp³-hybridized carbons (Fsp3) is 0.214. The second-order valence-corrected chi connectivity index (χ2v) is 11.2. The van der Waals surface area contributed by atoms with Crippen molar-refractivity contribution < 1.29 is 22.3 Å². The molecule has 1 saturated carbocycles. The van der Waals surface area contributed by atoms with Crippen molar-refractivity contribution in [1.29, 1.82) is 0 Å². The summed E-state index contributed by atoms with van der Waals surface area (Å²) in [6, 6.07) is 7.24. The summed E-state index contributed by atoms with van der Waals surface area (Å²) in [7, 11) is 0. The van der Waals surface area contributed by atoms with Gasteiger partial charge in [-0.2, -0.15) is 5.10 Å². The first-order chi connectivity index (χ1) is 20.6. The lowest BCUT2D eigenvalue weighted by Gasteiger charge is -2.33. The fourth-order valence-electron chi connectivity index (χ4n) is 5.16. The van der Waals surface area contributed by atoms with Crippen LogP contribution >= 0.6 is 11.3 Å². The molecule has 15 heteroatoms. The number of aromatic nitrogens is 7. The second kappa shape index (κ2) is 9.83. The van der Waals surface area contributed by atoms with Gasteiger partial charge in [-0.15, -0.1) is 0 Å². The van der Waals surface area contributed by atoms with Crippen LogP contribution in [-0.2, 0) is 0 Å². The van der Waals surface area contributed by atoms with Gasteiger partial charge in [-0.05, 0) is 36.8 Å². The van der Waals surface area contributed by atoms with Gasteiger partial charge in [0.1, 0.15) is 41.2 Å². The standard InChI is InChI=1S/C28H20F4N8O2S/c1-13(22-20(14-3-2-4-15(29)7-14)26(41)39-11-16(30)5-6-19(39)37-22)40-25-21(24(33)35-12-36-25)23(38-40)18-10-34-27(43-18)42-17-8-28(31,32)9-17/h2-7,10-13,17H,8-9H2,1H3,(H2,33,35,36)/t13-/m0/s1. The maximum absolute atomic E-state index is 14.3. The van der Waals surface area contributed by atoms with Gasteiger partial charge in [-0.3, -0.25) is 9.20 Å². The van der Waals surface area contributed by atoms with Crippen LogP contribution in [-0.4, -0.2) is 46.1 Å². The van der Waals surface area contributed by atoms with Crippen LogP contribution in [0, 0.1) is 11.6 Å². The first-order valence-corrected chi connectivity index (χ1v) is 13.9. The van der Waals surface area contributed by atoms with Gasteiger partial charge in [0.05, 0.1) is 33.8 Å². The number of nitrogens with zero attached hydrogens (tertiary/aromatic N) is 7. The Balaban J connectivity index is 1.38. The Labute approximate surface area is 243 Å². The lowest BCUT2D eigenvalue weighted by molar-refractivity contribution is -0.134. The molecule has 1 aromatic carbocycles. The van der Waals surface area contributed by atoms with Crippen molar-refractivity contribution in [3.05, 3.63) is 82.8 Å². The molecule has 1 atom stereocenters. The molecule has 1 fully saturated rings. The number of anilines is 1. The zero-order valence-corrected chi connectivity index (χ0v) is 23.0. The molecule has 5 heterocycles. The fourth-order valence-corrected chi connectivity index (χ4v) is 5.98.